The number of sulfonamides is 1. The van der Waals surface area contributed by atoms with Crippen LogP contribution in [0.2, 0.25) is 0 Å². The van der Waals surface area contributed by atoms with Gasteiger partial charge in [0.1, 0.15) is 10.6 Å². The van der Waals surface area contributed by atoms with Gasteiger partial charge in [0, 0.05) is 18.7 Å². The normalized spacial score (nSPS) is 14.4. The molecule has 0 fully saturated rings. The van der Waals surface area contributed by atoms with Crippen molar-refractivity contribution in [2.45, 2.75) is 38.1 Å². The molecule has 0 atom stereocenters. The topological polar surface area (TPSA) is 101 Å². The van der Waals surface area contributed by atoms with Crippen molar-refractivity contribution in [3.8, 4) is 0 Å². The highest BCUT2D eigenvalue weighted by Crippen LogP contribution is 2.24. The van der Waals surface area contributed by atoms with Crippen LogP contribution < -0.4 is 10.0 Å². The number of anilines is 1. The SMILES string of the molecule is Cc1noc(C)c1S(=O)(=O)NCc1ccc2c(c1)CCC(=O)N2. The van der Waals surface area contributed by atoms with E-state index in [1.165, 1.54) is 0 Å². The molecule has 0 spiro atoms. The molecule has 2 heterocycles. The van der Waals surface area contributed by atoms with Crippen LogP contribution in [0.3, 0.4) is 0 Å². The highest BCUT2D eigenvalue weighted by Gasteiger charge is 2.24. The molecular weight excluding hydrogens is 318 g/mol. The summed E-state index contributed by atoms with van der Waals surface area (Å²) in [5, 5.41) is 6.47. The van der Waals surface area contributed by atoms with Crippen molar-refractivity contribution < 1.29 is 17.7 Å². The summed E-state index contributed by atoms with van der Waals surface area (Å²) in [6.07, 6.45) is 1.10. The summed E-state index contributed by atoms with van der Waals surface area (Å²) in [5.74, 6) is 0.271. The van der Waals surface area contributed by atoms with Gasteiger partial charge >= 0.3 is 0 Å². The number of nitrogens with zero attached hydrogens (tertiary/aromatic N) is 1. The maximum Gasteiger partial charge on any atom is 0.246 e. The van der Waals surface area contributed by atoms with Gasteiger partial charge in [0.05, 0.1) is 0 Å². The molecule has 1 amide bonds. The minimum absolute atomic E-state index is 0.00404. The number of benzene rings is 1. The second-order valence-electron chi connectivity index (χ2n) is 5.52. The predicted octanol–water partition coefficient (Wildman–Crippen LogP) is 1.65. The van der Waals surface area contributed by atoms with Gasteiger partial charge < -0.3 is 9.84 Å². The van der Waals surface area contributed by atoms with E-state index in [1.54, 1.807) is 26.0 Å². The van der Waals surface area contributed by atoms with Crippen molar-refractivity contribution >= 4 is 21.6 Å². The van der Waals surface area contributed by atoms with Gasteiger partial charge in [0.25, 0.3) is 0 Å². The molecular formula is C15H17N3O4S. The molecule has 0 aliphatic carbocycles. The highest BCUT2D eigenvalue weighted by atomic mass is 32.2. The largest absolute Gasteiger partial charge is 0.360 e. The van der Waals surface area contributed by atoms with E-state index in [-0.39, 0.29) is 23.1 Å². The van der Waals surface area contributed by atoms with Crippen molar-refractivity contribution in [2.24, 2.45) is 0 Å². The summed E-state index contributed by atoms with van der Waals surface area (Å²) < 4.78 is 32.2. The lowest BCUT2D eigenvalue weighted by molar-refractivity contribution is -0.116. The van der Waals surface area contributed by atoms with E-state index >= 15 is 0 Å². The Hall–Kier alpha value is -2.19. The van der Waals surface area contributed by atoms with Gasteiger partial charge in [-0.3, -0.25) is 4.79 Å². The molecule has 1 aromatic carbocycles. The number of carbonyl (C=O) groups excluding carboxylic acids is 1. The third-order valence-corrected chi connectivity index (χ3v) is 5.41. The Balaban J connectivity index is 1.77. The molecule has 1 aliphatic rings. The summed E-state index contributed by atoms with van der Waals surface area (Å²) in [6, 6.07) is 5.50. The van der Waals surface area contributed by atoms with Crippen molar-refractivity contribution in [2.75, 3.05) is 5.32 Å². The van der Waals surface area contributed by atoms with E-state index in [2.05, 4.69) is 15.2 Å². The number of carbonyl (C=O) groups is 1. The minimum Gasteiger partial charge on any atom is -0.360 e. The molecule has 23 heavy (non-hydrogen) atoms. The van der Waals surface area contributed by atoms with Crippen LogP contribution in [0.25, 0.3) is 0 Å². The van der Waals surface area contributed by atoms with E-state index in [1.807, 2.05) is 6.07 Å². The number of amides is 1. The summed E-state index contributed by atoms with van der Waals surface area (Å²) >= 11 is 0. The van der Waals surface area contributed by atoms with Crippen LogP contribution in [0.5, 0.6) is 0 Å². The molecule has 7 nitrogen and oxygen atoms in total. The second-order valence-corrected chi connectivity index (χ2v) is 7.22. The zero-order valence-corrected chi connectivity index (χ0v) is 13.7. The van der Waals surface area contributed by atoms with E-state index in [0.29, 0.717) is 18.5 Å². The van der Waals surface area contributed by atoms with Crippen LogP contribution in [0, 0.1) is 13.8 Å². The lowest BCUT2D eigenvalue weighted by Crippen LogP contribution is -2.24. The van der Waals surface area contributed by atoms with Gasteiger partial charge in [-0.2, -0.15) is 0 Å². The highest BCUT2D eigenvalue weighted by molar-refractivity contribution is 7.89. The van der Waals surface area contributed by atoms with Gasteiger partial charge in [-0.05, 0) is 37.5 Å². The molecule has 0 saturated carbocycles. The Morgan fingerprint density at radius 2 is 2.09 bits per heavy atom. The van der Waals surface area contributed by atoms with Gasteiger partial charge in [0.15, 0.2) is 5.76 Å². The Morgan fingerprint density at radius 1 is 1.30 bits per heavy atom. The summed E-state index contributed by atoms with van der Waals surface area (Å²) in [6.45, 7) is 3.32. The fourth-order valence-corrected chi connectivity index (χ4v) is 4.00. The van der Waals surface area contributed by atoms with Crippen molar-refractivity contribution in [3.63, 3.8) is 0 Å². The molecule has 0 saturated heterocycles. The predicted molar refractivity (Wildman–Crippen MR) is 83.4 cm³/mol. The van der Waals surface area contributed by atoms with Crippen LogP contribution in [0.1, 0.15) is 29.0 Å². The maximum atomic E-state index is 12.4. The summed E-state index contributed by atoms with van der Waals surface area (Å²) in [4.78, 5) is 11.4. The Morgan fingerprint density at radius 3 is 2.78 bits per heavy atom. The molecule has 3 rings (SSSR count). The van der Waals surface area contributed by atoms with Gasteiger partial charge in [-0.15, -0.1) is 0 Å². The first kappa shape index (κ1) is 15.7. The molecule has 2 aromatic rings. The maximum absolute atomic E-state index is 12.4. The monoisotopic (exact) mass is 335 g/mol. The number of nitrogens with one attached hydrogen (secondary N) is 2. The third kappa shape index (κ3) is 3.13. The van der Waals surface area contributed by atoms with E-state index in [9.17, 15) is 13.2 Å². The van der Waals surface area contributed by atoms with E-state index in [4.69, 9.17) is 4.52 Å². The quantitative estimate of drug-likeness (QED) is 0.885. The Labute approximate surface area is 134 Å². The van der Waals surface area contributed by atoms with Crippen molar-refractivity contribution in [3.05, 3.63) is 40.8 Å². The van der Waals surface area contributed by atoms with Crippen LogP contribution >= 0.6 is 0 Å². The lowest BCUT2D eigenvalue weighted by Gasteiger charge is -2.17. The number of aromatic nitrogens is 1. The number of hydrogen-bond donors (Lipinski definition) is 2. The zero-order valence-electron chi connectivity index (χ0n) is 12.8. The molecule has 8 heteroatoms. The number of fused-ring (bicyclic) bond motifs is 1. The van der Waals surface area contributed by atoms with E-state index in [0.717, 1.165) is 16.8 Å². The Bertz CT molecular complexity index is 851. The molecule has 122 valence electrons. The fourth-order valence-electron chi connectivity index (χ4n) is 2.66. The van der Waals surface area contributed by atoms with Crippen molar-refractivity contribution in [1.82, 2.24) is 9.88 Å². The number of hydrogen-bond acceptors (Lipinski definition) is 5. The molecule has 0 unspecified atom stereocenters. The average Bonchev–Trinajstić information content (AvgIpc) is 2.85. The van der Waals surface area contributed by atoms with Crippen LogP contribution in [-0.2, 0) is 27.8 Å². The van der Waals surface area contributed by atoms with Gasteiger partial charge in [-0.25, -0.2) is 13.1 Å². The average molecular weight is 335 g/mol. The summed E-state index contributed by atoms with van der Waals surface area (Å²) in [7, 11) is -3.68. The van der Waals surface area contributed by atoms with E-state index < -0.39 is 10.0 Å². The smallest absolute Gasteiger partial charge is 0.246 e. The number of aryl methyl sites for hydroxylation is 3. The van der Waals surface area contributed by atoms with Crippen molar-refractivity contribution in [1.29, 1.82) is 0 Å². The zero-order chi connectivity index (χ0) is 16.6. The number of rotatable bonds is 4. The standard InChI is InChI=1S/C15H17N3O4S/c1-9-15(10(2)22-18-9)23(20,21)16-8-11-3-5-13-12(7-11)4-6-14(19)17-13/h3,5,7,16H,4,6,8H2,1-2H3,(H,17,19). The first-order chi connectivity index (χ1) is 10.9. The second kappa shape index (κ2) is 5.78. The molecule has 0 bridgehead atoms. The first-order valence-electron chi connectivity index (χ1n) is 7.21. The Kier molecular flexibility index (Phi) is 3.95. The van der Waals surface area contributed by atoms with Crippen LogP contribution in [0.15, 0.2) is 27.6 Å². The van der Waals surface area contributed by atoms with Gasteiger partial charge in [-0.1, -0.05) is 17.3 Å². The molecule has 1 aliphatic heterocycles. The van der Waals surface area contributed by atoms with Gasteiger partial charge in [0.2, 0.25) is 15.9 Å². The molecule has 2 N–H and O–H groups in total. The van der Waals surface area contributed by atoms with Crippen LogP contribution in [-0.4, -0.2) is 19.5 Å². The fraction of sp³-hybridized carbons (Fsp3) is 0.333. The van der Waals surface area contributed by atoms with Crippen LogP contribution in [0.4, 0.5) is 5.69 Å². The molecule has 1 aromatic heterocycles. The first-order valence-corrected chi connectivity index (χ1v) is 8.69. The third-order valence-electron chi connectivity index (χ3n) is 3.77. The lowest BCUT2D eigenvalue weighted by atomic mass is 10.0. The minimum atomic E-state index is -3.68. The summed E-state index contributed by atoms with van der Waals surface area (Å²) in [5.41, 5.74) is 2.97. The molecule has 0 radical (unpaired) electrons.